The largest absolute Gasteiger partial charge is 0.466 e. The zero-order valence-electron chi connectivity index (χ0n) is 17.8. The van der Waals surface area contributed by atoms with Gasteiger partial charge in [0.15, 0.2) is 5.76 Å². The molecule has 0 fully saturated rings. The molecule has 0 aromatic carbocycles. The Morgan fingerprint density at radius 3 is 1.96 bits per heavy atom. The first-order valence-electron chi connectivity index (χ1n) is 10.3. The number of hydrogen-bond donors (Lipinski definition) is 1. The molecule has 0 radical (unpaired) electrons. The van der Waals surface area contributed by atoms with Gasteiger partial charge in [-0.15, -0.1) is 0 Å². The van der Waals surface area contributed by atoms with E-state index in [-0.39, 0.29) is 17.9 Å². The molecule has 0 unspecified atom stereocenters. The predicted molar refractivity (Wildman–Crippen MR) is 110 cm³/mol. The van der Waals surface area contributed by atoms with Crippen molar-refractivity contribution in [1.82, 2.24) is 5.32 Å². The summed E-state index contributed by atoms with van der Waals surface area (Å²) >= 11 is 0. The van der Waals surface area contributed by atoms with Crippen molar-refractivity contribution in [3.05, 3.63) is 24.0 Å². The minimum atomic E-state index is -0.594. The summed E-state index contributed by atoms with van der Waals surface area (Å²) in [5.74, 6) is -1.74. The van der Waals surface area contributed by atoms with E-state index in [0.717, 1.165) is 12.8 Å². The molecule has 0 aliphatic heterocycles. The maximum absolute atomic E-state index is 12.2. The van der Waals surface area contributed by atoms with E-state index in [4.69, 9.17) is 4.74 Å². The summed E-state index contributed by atoms with van der Waals surface area (Å²) in [6.07, 6.45) is 14.6. The highest BCUT2D eigenvalue weighted by atomic mass is 16.5. The van der Waals surface area contributed by atoms with Gasteiger partial charge in [0.05, 0.1) is 7.11 Å². The van der Waals surface area contributed by atoms with Gasteiger partial charge in [0, 0.05) is 19.0 Å². The van der Waals surface area contributed by atoms with E-state index in [2.05, 4.69) is 23.6 Å². The number of hydrogen-bond acceptors (Lipinski definition) is 5. The third-order valence-corrected chi connectivity index (χ3v) is 4.30. The van der Waals surface area contributed by atoms with Gasteiger partial charge in [-0.25, -0.2) is 4.79 Å². The van der Waals surface area contributed by atoms with Crippen LogP contribution in [0.2, 0.25) is 0 Å². The number of allylic oxidation sites excluding steroid dienone is 1. The molecule has 0 bridgehead atoms. The van der Waals surface area contributed by atoms with Crippen LogP contribution in [0.4, 0.5) is 0 Å². The second-order valence-corrected chi connectivity index (χ2v) is 6.91. The van der Waals surface area contributed by atoms with Crippen molar-refractivity contribution in [2.45, 2.75) is 84.5 Å². The Kier molecular flexibility index (Phi) is 15.7. The van der Waals surface area contributed by atoms with Gasteiger partial charge < -0.3 is 14.8 Å². The number of rotatable bonds is 16. The van der Waals surface area contributed by atoms with Gasteiger partial charge in [-0.05, 0) is 18.9 Å². The summed E-state index contributed by atoms with van der Waals surface area (Å²) in [4.78, 5) is 34.7. The van der Waals surface area contributed by atoms with Crippen LogP contribution in [-0.2, 0) is 23.9 Å². The molecule has 0 aromatic rings. The van der Waals surface area contributed by atoms with E-state index >= 15 is 0 Å². The Morgan fingerprint density at radius 2 is 1.46 bits per heavy atom. The summed E-state index contributed by atoms with van der Waals surface area (Å²) in [5.41, 5.74) is 0.118. The number of nitrogens with one attached hydrogen (secondary N) is 1. The Balaban J connectivity index is 4.13. The third-order valence-electron chi connectivity index (χ3n) is 4.30. The molecule has 0 atom stereocenters. The van der Waals surface area contributed by atoms with Crippen molar-refractivity contribution in [3.8, 4) is 0 Å². The zero-order chi connectivity index (χ0) is 21.2. The SMILES string of the molecule is C=C(CNC(=O)/C(=C/CCCCCCCCCCCC)OC(C)=O)C(=O)OC. The van der Waals surface area contributed by atoms with Gasteiger partial charge >= 0.3 is 11.9 Å². The third kappa shape index (κ3) is 14.0. The Labute approximate surface area is 169 Å². The molecule has 6 nitrogen and oxygen atoms in total. The van der Waals surface area contributed by atoms with E-state index in [9.17, 15) is 14.4 Å². The monoisotopic (exact) mass is 395 g/mol. The molecule has 28 heavy (non-hydrogen) atoms. The molecule has 0 aliphatic carbocycles. The number of ether oxygens (including phenoxy) is 2. The number of carbonyl (C=O) groups is 3. The van der Waals surface area contributed by atoms with E-state index in [0.29, 0.717) is 6.42 Å². The highest BCUT2D eigenvalue weighted by molar-refractivity contribution is 5.95. The van der Waals surface area contributed by atoms with Crippen LogP contribution in [-0.4, -0.2) is 31.5 Å². The molecular weight excluding hydrogens is 358 g/mol. The molecule has 1 N–H and O–H groups in total. The van der Waals surface area contributed by atoms with Gasteiger partial charge in [0.2, 0.25) is 0 Å². The lowest BCUT2D eigenvalue weighted by Gasteiger charge is -2.09. The van der Waals surface area contributed by atoms with Crippen molar-refractivity contribution in [2.24, 2.45) is 0 Å². The van der Waals surface area contributed by atoms with E-state index in [1.807, 2.05) is 0 Å². The van der Waals surface area contributed by atoms with Crippen molar-refractivity contribution in [1.29, 1.82) is 0 Å². The maximum Gasteiger partial charge on any atom is 0.334 e. The molecule has 0 heterocycles. The highest BCUT2D eigenvalue weighted by Crippen LogP contribution is 2.12. The summed E-state index contributed by atoms with van der Waals surface area (Å²) in [6, 6.07) is 0. The fourth-order valence-electron chi connectivity index (χ4n) is 2.69. The van der Waals surface area contributed by atoms with Crippen LogP contribution in [0.1, 0.15) is 84.5 Å². The van der Waals surface area contributed by atoms with Crippen molar-refractivity contribution in [3.63, 3.8) is 0 Å². The first-order chi connectivity index (χ1) is 13.4. The fourth-order valence-corrected chi connectivity index (χ4v) is 2.69. The number of esters is 2. The first-order valence-corrected chi connectivity index (χ1v) is 10.3. The lowest BCUT2D eigenvalue weighted by molar-refractivity contribution is -0.141. The normalized spacial score (nSPS) is 11.0. The van der Waals surface area contributed by atoms with Crippen LogP contribution in [0.3, 0.4) is 0 Å². The summed E-state index contributed by atoms with van der Waals surface area (Å²) in [7, 11) is 1.24. The van der Waals surface area contributed by atoms with Gasteiger partial charge in [-0.3, -0.25) is 9.59 Å². The minimum Gasteiger partial charge on any atom is -0.466 e. The van der Waals surface area contributed by atoms with Crippen LogP contribution in [0.5, 0.6) is 0 Å². The number of unbranched alkanes of at least 4 members (excludes halogenated alkanes) is 10. The topological polar surface area (TPSA) is 81.7 Å². The summed E-state index contributed by atoms with van der Waals surface area (Å²) < 4.78 is 9.51. The highest BCUT2D eigenvalue weighted by Gasteiger charge is 2.15. The summed E-state index contributed by atoms with van der Waals surface area (Å²) in [6.45, 7) is 6.94. The molecule has 6 heteroatoms. The summed E-state index contributed by atoms with van der Waals surface area (Å²) in [5, 5.41) is 2.51. The average molecular weight is 396 g/mol. The predicted octanol–water partition coefficient (Wildman–Crippen LogP) is 4.59. The van der Waals surface area contributed by atoms with E-state index in [1.54, 1.807) is 6.08 Å². The molecule has 0 spiro atoms. The van der Waals surface area contributed by atoms with Gasteiger partial charge in [-0.2, -0.15) is 0 Å². The second-order valence-electron chi connectivity index (χ2n) is 6.91. The number of amides is 1. The molecule has 0 saturated heterocycles. The van der Waals surface area contributed by atoms with Crippen molar-refractivity contribution in [2.75, 3.05) is 13.7 Å². The molecule has 1 amide bonds. The maximum atomic E-state index is 12.2. The molecule has 160 valence electrons. The Morgan fingerprint density at radius 1 is 0.929 bits per heavy atom. The van der Waals surface area contributed by atoms with Crippen LogP contribution < -0.4 is 5.32 Å². The van der Waals surface area contributed by atoms with Gasteiger partial charge in [0.25, 0.3) is 5.91 Å². The Bertz CT molecular complexity index is 525. The first kappa shape index (κ1) is 25.9. The van der Waals surface area contributed by atoms with Crippen LogP contribution in [0, 0.1) is 0 Å². The number of carbonyl (C=O) groups excluding carboxylic acids is 3. The number of methoxy groups -OCH3 is 1. The lowest BCUT2D eigenvalue weighted by Crippen LogP contribution is -2.30. The van der Waals surface area contributed by atoms with Crippen molar-refractivity contribution >= 4 is 17.8 Å². The molecule has 0 rings (SSSR count). The quantitative estimate of drug-likeness (QED) is 0.179. The van der Waals surface area contributed by atoms with E-state index in [1.165, 1.54) is 65.4 Å². The molecule has 0 aliphatic rings. The minimum absolute atomic E-state index is 0.0407. The zero-order valence-corrected chi connectivity index (χ0v) is 17.8. The fraction of sp³-hybridized carbons (Fsp3) is 0.682. The average Bonchev–Trinajstić information content (AvgIpc) is 2.67. The van der Waals surface area contributed by atoms with E-state index < -0.39 is 17.8 Å². The molecule has 0 aromatic heterocycles. The smallest absolute Gasteiger partial charge is 0.334 e. The standard InChI is InChI=1S/C22H37NO5/c1-5-6-7-8-9-10-11-12-13-14-15-16-20(28-19(3)24)21(25)23-17-18(2)22(26)27-4/h16H,2,5-15,17H2,1,3-4H3,(H,23,25)/b20-16-. The van der Waals surface area contributed by atoms with Crippen LogP contribution >= 0.6 is 0 Å². The van der Waals surface area contributed by atoms with Crippen LogP contribution in [0.25, 0.3) is 0 Å². The van der Waals surface area contributed by atoms with Crippen molar-refractivity contribution < 1.29 is 23.9 Å². The molecule has 0 saturated carbocycles. The lowest BCUT2D eigenvalue weighted by atomic mass is 10.1. The van der Waals surface area contributed by atoms with Crippen LogP contribution in [0.15, 0.2) is 24.0 Å². The Hall–Kier alpha value is -2.11. The second kappa shape index (κ2) is 17.0. The van der Waals surface area contributed by atoms with Gasteiger partial charge in [-0.1, -0.05) is 71.3 Å². The van der Waals surface area contributed by atoms with Gasteiger partial charge in [0.1, 0.15) is 0 Å². The molecular formula is C22H37NO5.